The van der Waals surface area contributed by atoms with Crippen LogP contribution >= 0.6 is 0 Å². The summed E-state index contributed by atoms with van der Waals surface area (Å²) in [6.07, 6.45) is 0. The fraction of sp³-hybridized carbons (Fsp3) is 0.318. The highest BCUT2D eigenvalue weighted by Gasteiger charge is 2.23. The van der Waals surface area contributed by atoms with E-state index >= 15 is 0 Å². The summed E-state index contributed by atoms with van der Waals surface area (Å²) in [5.74, 6) is -0.271. The van der Waals surface area contributed by atoms with E-state index in [9.17, 15) is 14.4 Å². The van der Waals surface area contributed by atoms with Gasteiger partial charge in [0.1, 0.15) is 6.04 Å². The molecule has 0 spiro atoms. The van der Waals surface area contributed by atoms with Gasteiger partial charge in [-0.1, -0.05) is 18.2 Å². The van der Waals surface area contributed by atoms with E-state index in [4.69, 9.17) is 0 Å². The highest BCUT2D eigenvalue weighted by Crippen LogP contribution is 2.16. The van der Waals surface area contributed by atoms with Gasteiger partial charge in [-0.05, 0) is 70.0 Å². The maximum atomic E-state index is 13.4. The number of aromatic nitrogens is 2. The topological polar surface area (TPSA) is 73.1 Å². The minimum Gasteiger partial charge on any atom is -0.352 e. The zero-order chi connectivity index (χ0) is 20.6. The van der Waals surface area contributed by atoms with Crippen molar-refractivity contribution in [1.29, 1.82) is 0 Å². The summed E-state index contributed by atoms with van der Waals surface area (Å²) in [7, 11) is 0. The Bertz CT molecular complexity index is 1170. The highest BCUT2D eigenvalue weighted by molar-refractivity contribution is 5.84. The highest BCUT2D eigenvalue weighted by atomic mass is 16.2. The summed E-state index contributed by atoms with van der Waals surface area (Å²) in [5.41, 5.74) is 2.07. The van der Waals surface area contributed by atoms with Crippen molar-refractivity contribution in [2.24, 2.45) is 0 Å². The Hall–Kier alpha value is -3.15. The molecular weight excluding hydrogens is 354 g/mol. The minimum absolute atomic E-state index is 0.0532. The predicted molar refractivity (Wildman–Crippen MR) is 111 cm³/mol. The third-order valence-electron chi connectivity index (χ3n) is 4.94. The number of carbonyl (C=O) groups is 1. The average Bonchev–Trinajstić information content (AvgIpc) is 2.64. The van der Waals surface area contributed by atoms with Crippen LogP contribution in [0.5, 0.6) is 0 Å². The van der Waals surface area contributed by atoms with Gasteiger partial charge in [0.05, 0.1) is 16.6 Å². The van der Waals surface area contributed by atoms with Gasteiger partial charge in [-0.15, -0.1) is 0 Å². The molecule has 0 saturated heterocycles. The van der Waals surface area contributed by atoms with Gasteiger partial charge in [0.2, 0.25) is 5.91 Å². The van der Waals surface area contributed by atoms with E-state index in [1.165, 1.54) is 4.57 Å². The standard InChI is InChI=1S/C22H25N3O3/c1-13(2)23-20(26)16(5)24-19-9-7-6-8-18(19)21(27)25(22(24)28)17-11-10-14(3)15(4)12-17/h6-13,16H,1-5H3,(H,23,26)/t16-/m1/s1. The van der Waals surface area contributed by atoms with Crippen molar-refractivity contribution < 1.29 is 4.79 Å². The van der Waals surface area contributed by atoms with Crippen LogP contribution in [-0.2, 0) is 4.79 Å². The molecule has 3 aromatic rings. The van der Waals surface area contributed by atoms with Gasteiger partial charge >= 0.3 is 5.69 Å². The number of amides is 1. The van der Waals surface area contributed by atoms with Crippen LogP contribution in [-0.4, -0.2) is 21.1 Å². The molecule has 6 nitrogen and oxygen atoms in total. The number of aryl methyl sites for hydroxylation is 2. The lowest BCUT2D eigenvalue weighted by molar-refractivity contribution is -0.124. The number of nitrogens with zero attached hydrogens (tertiary/aromatic N) is 2. The van der Waals surface area contributed by atoms with Gasteiger partial charge in [0.15, 0.2) is 0 Å². The van der Waals surface area contributed by atoms with Crippen LogP contribution in [0.4, 0.5) is 0 Å². The zero-order valence-electron chi connectivity index (χ0n) is 16.8. The Kier molecular flexibility index (Phi) is 5.23. The largest absolute Gasteiger partial charge is 0.352 e. The van der Waals surface area contributed by atoms with Crippen molar-refractivity contribution >= 4 is 16.8 Å². The molecule has 146 valence electrons. The molecule has 0 saturated carbocycles. The maximum absolute atomic E-state index is 13.4. The predicted octanol–water partition coefficient (Wildman–Crippen LogP) is 2.85. The van der Waals surface area contributed by atoms with E-state index in [0.717, 1.165) is 15.7 Å². The van der Waals surface area contributed by atoms with Crippen molar-refractivity contribution in [3.8, 4) is 5.69 Å². The summed E-state index contributed by atoms with van der Waals surface area (Å²) in [6.45, 7) is 9.30. The third-order valence-corrected chi connectivity index (χ3v) is 4.94. The van der Waals surface area contributed by atoms with Gasteiger partial charge in [-0.3, -0.25) is 14.2 Å². The van der Waals surface area contributed by atoms with Gasteiger partial charge in [-0.2, -0.15) is 0 Å². The SMILES string of the molecule is Cc1ccc(-n2c(=O)c3ccccc3n([C@H](C)C(=O)NC(C)C)c2=O)cc1C. The number of rotatable bonds is 4. The number of hydrogen-bond donors (Lipinski definition) is 1. The molecule has 0 aliphatic heterocycles. The monoisotopic (exact) mass is 379 g/mol. The molecule has 0 aliphatic carbocycles. The van der Waals surface area contributed by atoms with Crippen molar-refractivity contribution in [2.45, 2.75) is 46.7 Å². The van der Waals surface area contributed by atoms with Crippen LogP contribution in [0.2, 0.25) is 0 Å². The lowest BCUT2D eigenvalue weighted by Gasteiger charge is -2.20. The zero-order valence-corrected chi connectivity index (χ0v) is 16.8. The Labute approximate surface area is 163 Å². The quantitative estimate of drug-likeness (QED) is 0.758. The van der Waals surface area contributed by atoms with Crippen molar-refractivity contribution in [3.63, 3.8) is 0 Å². The first-order valence-corrected chi connectivity index (χ1v) is 9.36. The number of fused-ring (bicyclic) bond motifs is 1. The van der Waals surface area contributed by atoms with Crippen molar-refractivity contribution in [1.82, 2.24) is 14.5 Å². The smallest absolute Gasteiger partial charge is 0.336 e. The fourth-order valence-corrected chi connectivity index (χ4v) is 3.27. The molecule has 1 amide bonds. The fourth-order valence-electron chi connectivity index (χ4n) is 3.27. The number of nitrogens with one attached hydrogen (secondary N) is 1. The van der Waals surface area contributed by atoms with Crippen LogP contribution in [0.15, 0.2) is 52.1 Å². The second-order valence-corrected chi connectivity index (χ2v) is 7.42. The second-order valence-electron chi connectivity index (χ2n) is 7.42. The van der Waals surface area contributed by atoms with Crippen molar-refractivity contribution in [3.05, 3.63) is 74.4 Å². The van der Waals surface area contributed by atoms with E-state index in [1.54, 1.807) is 37.3 Å². The summed E-state index contributed by atoms with van der Waals surface area (Å²) in [6, 6.07) is 11.5. The Morgan fingerprint density at radius 2 is 1.64 bits per heavy atom. The molecule has 1 N–H and O–H groups in total. The molecular formula is C22H25N3O3. The third kappa shape index (κ3) is 3.38. The Morgan fingerprint density at radius 3 is 2.29 bits per heavy atom. The number of benzene rings is 2. The van der Waals surface area contributed by atoms with E-state index in [0.29, 0.717) is 16.6 Å². The molecule has 6 heteroatoms. The summed E-state index contributed by atoms with van der Waals surface area (Å²) >= 11 is 0. The summed E-state index contributed by atoms with van der Waals surface area (Å²) < 4.78 is 2.54. The van der Waals surface area contributed by atoms with Gasteiger partial charge < -0.3 is 5.32 Å². The Balaban J connectivity index is 2.35. The van der Waals surface area contributed by atoms with Gasteiger partial charge in [0, 0.05) is 6.04 Å². The van der Waals surface area contributed by atoms with Crippen molar-refractivity contribution in [2.75, 3.05) is 0 Å². The van der Waals surface area contributed by atoms with Crippen LogP contribution in [0.1, 0.15) is 37.9 Å². The first kappa shape index (κ1) is 19.6. The molecule has 0 radical (unpaired) electrons. The molecule has 0 fully saturated rings. The van der Waals surface area contributed by atoms with E-state index in [2.05, 4.69) is 5.32 Å². The number of hydrogen-bond acceptors (Lipinski definition) is 3. The summed E-state index contributed by atoms with van der Waals surface area (Å²) in [4.78, 5) is 39.1. The lowest BCUT2D eigenvalue weighted by atomic mass is 10.1. The number of carbonyl (C=O) groups excluding carboxylic acids is 1. The van der Waals surface area contributed by atoms with Crippen LogP contribution in [0.3, 0.4) is 0 Å². The first-order valence-electron chi connectivity index (χ1n) is 9.36. The van der Waals surface area contributed by atoms with Gasteiger partial charge in [0.25, 0.3) is 5.56 Å². The molecule has 3 rings (SSSR count). The van der Waals surface area contributed by atoms with Crippen LogP contribution in [0, 0.1) is 13.8 Å². The summed E-state index contributed by atoms with van der Waals surface area (Å²) in [5, 5.41) is 3.23. The lowest BCUT2D eigenvalue weighted by Crippen LogP contribution is -2.44. The molecule has 0 unspecified atom stereocenters. The second kappa shape index (κ2) is 7.46. The first-order chi connectivity index (χ1) is 13.2. The van der Waals surface area contributed by atoms with Gasteiger partial charge in [-0.25, -0.2) is 9.36 Å². The molecule has 1 atom stereocenters. The maximum Gasteiger partial charge on any atom is 0.336 e. The molecule has 28 heavy (non-hydrogen) atoms. The van der Waals surface area contributed by atoms with Crippen LogP contribution in [0.25, 0.3) is 16.6 Å². The van der Waals surface area contributed by atoms with Crippen LogP contribution < -0.4 is 16.6 Å². The minimum atomic E-state index is -0.766. The molecule has 2 aromatic carbocycles. The average molecular weight is 379 g/mol. The number of para-hydroxylation sites is 1. The molecule has 1 heterocycles. The van der Waals surface area contributed by atoms with E-state index in [1.807, 2.05) is 39.8 Å². The van der Waals surface area contributed by atoms with E-state index in [-0.39, 0.29) is 11.9 Å². The molecule has 1 aromatic heterocycles. The molecule has 0 bridgehead atoms. The molecule has 0 aliphatic rings. The normalized spacial score (nSPS) is 12.4. The Morgan fingerprint density at radius 1 is 0.964 bits per heavy atom. The van der Waals surface area contributed by atoms with E-state index < -0.39 is 17.3 Å².